The van der Waals surface area contributed by atoms with Crippen LogP contribution in [0.3, 0.4) is 0 Å². The Kier molecular flexibility index (Phi) is 5.01. The Hall–Kier alpha value is -2.91. The van der Waals surface area contributed by atoms with Crippen LogP contribution >= 0.6 is 15.9 Å². The van der Waals surface area contributed by atoms with Gasteiger partial charge in [0, 0.05) is 23.6 Å². The molecule has 0 aliphatic carbocycles. The highest BCUT2D eigenvalue weighted by Gasteiger charge is 2.37. The molecule has 1 aromatic heterocycles. The fourth-order valence-corrected chi connectivity index (χ4v) is 3.26. The number of hydrogen-bond donors (Lipinski definition) is 1. The highest BCUT2D eigenvalue weighted by atomic mass is 79.9. The maximum atomic E-state index is 12.8. The second kappa shape index (κ2) is 7.61. The second-order valence-electron chi connectivity index (χ2n) is 6.21. The summed E-state index contributed by atoms with van der Waals surface area (Å²) in [7, 11) is 0. The maximum Gasteiger partial charge on any atom is 0.335 e. The molecule has 2 aromatic rings. The van der Waals surface area contributed by atoms with Gasteiger partial charge in [0.05, 0.1) is 18.9 Å². The number of rotatable bonds is 3. The standard InChI is InChI=1S/C19H16BrN3O5/c20-12-1-3-13(4-2-12)23-18(25)15(17(24)21-19(23)26)11-14-5-6-16(28-14)22-7-9-27-10-8-22/h1-6,11H,7-10H2,(H,21,24,26). The molecular weight excluding hydrogens is 430 g/mol. The molecule has 2 fully saturated rings. The maximum absolute atomic E-state index is 12.8. The number of imide groups is 2. The molecule has 8 nitrogen and oxygen atoms in total. The van der Waals surface area contributed by atoms with E-state index in [-0.39, 0.29) is 5.57 Å². The van der Waals surface area contributed by atoms with Crippen molar-refractivity contribution in [1.82, 2.24) is 5.32 Å². The molecule has 144 valence electrons. The summed E-state index contributed by atoms with van der Waals surface area (Å²) in [6.45, 7) is 2.63. The fraction of sp³-hybridized carbons (Fsp3) is 0.211. The Labute approximate surface area is 168 Å². The zero-order valence-electron chi connectivity index (χ0n) is 14.7. The average molecular weight is 446 g/mol. The van der Waals surface area contributed by atoms with E-state index in [1.807, 2.05) is 4.90 Å². The lowest BCUT2D eigenvalue weighted by Crippen LogP contribution is -2.54. The first-order chi connectivity index (χ1) is 13.5. The molecule has 0 unspecified atom stereocenters. The van der Waals surface area contributed by atoms with E-state index in [4.69, 9.17) is 9.15 Å². The fourth-order valence-electron chi connectivity index (χ4n) is 3.00. The van der Waals surface area contributed by atoms with Crippen LogP contribution in [0.2, 0.25) is 0 Å². The molecule has 3 heterocycles. The van der Waals surface area contributed by atoms with E-state index in [1.165, 1.54) is 6.08 Å². The number of benzene rings is 1. The number of anilines is 2. The molecule has 28 heavy (non-hydrogen) atoms. The quantitative estimate of drug-likeness (QED) is 0.576. The van der Waals surface area contributed by atoms with Gasteiger partial charge in [-0.1, -0.05) is 15.9 Å². The van der Waals surface area contributed by atoms with Crippen molar-refractivity contribution in [1.29, 1.82) is 0 Å². The molecule has 0 spiro atoms. The van der Waals surface area contributed by atoms with Crippen LogP contribution in [-0.4, -0.2) is 44.1 Å². The van der Waals surface area contributed by atoms with Gasteiger partial charge < -0.3 is 14.1 Å². The predicted molar refractivity (Wildman–Crippen MR) is 105 cm³/mol. The Morgan fingerprint density at radius 1 is 1.00 bits per heavy atom. The highest BCUT2D eigenvalue weighted by Crippen LogP contribution is 2.25. The predicted octanol–water partition coefficient (Wildman–Crippen LogP) is 2.55. The Morgan fingerprint density at radius 2 is 1.71 bits per heavy atom. The minimum atomic E-state index is -0.789. The van der Waals surface area contributed by atoms with Gasteiger partial charge in [-0.05, 0) is 36.4 Å². The third-order valence-corrected chi connectivity index (χ3v) is 4.94. The summed E-state index contributed by atoms with van der Waals surface area (Å²) in [6.07, 6.45) is 1.35. The average Bonchev–Trinajstić information content (AvgIpc) is 3.16. The molecule has 2 aliphatic rings. The summed E-state index contributed by atoms with van der Waals surface area (Å²) < 4.78 is 11.9. The molecule has 0 radical (unpaired) electrons. The number of nitrogens with zero attached hydrogens (tertiary/aromatic N) is 2. The number of morpholine rings is 1. The van der Waals surface area contributed by atoms with Crippen LogP contribution in [0, 0.1) is 0 Å². The smallest absolute Gasteiger partial charge is 0.335 e. The van der Waals surface area contributed by atoms with Gasteiger partial charge in [-0.2, -0.15) is 0 Å². The Balaban J connectivity index is 1.61. The number of hydrogen-bond acceptors (Lipinski definition) is 6. The van der Waals surface area contributed by atoms with Gasteiger partial charge in [0.15, 0.2) is 5.88 Å². The normalized spacial score (nSPS) is 19.3. The van der Waals surface area contributed by atoms with Crippen molar-refractivity contribution >= 4 is 51.4 Å². The summed E-state index contributed by atoms with van der Waals surface area (Å²) in [5.41, 5.74) is 0.183. The zero-order chi connectivity index (χ0) is 19.7. The van der Waals surface area contributed by atoms with Gasteiger partial charge in [0.2, 0.25) is 0 Å². The molecule has 2 saturated heterocycles. The molecule has 1 aromatic carbocycles. The van der Waals surface area contributed by atoms with E-state index in [9.17, 15) is 14.4 Å². The lowest BCUT2D eigenvalue weighted by Gasteiger charge is -2.26. The van der Waals surface area contributed by atoms with E-state index in [0.717, 1.165) is 9.37 Å². The first-order valence-corrected chi connectivity index (χ1v) is 9.42. The molecule has 0 bridgehead atoms. The number of barbiturate groups is 1. The van der Waals surface area contributed by atoms with Gasteiger partial charge in [-0.3, -0.25) is 14.9 Å². The SMILES string of the molecule is O=C1NC(=O)N(c2ccc(Br)cc2)C(=O)C1=Cc1ccc(N2CCOCC2)o1. The first-order valence-electron chi connectivity index (χ1n) is 8.62. The van der Waals surface area contributed by atoms with Crippen molar-refractivity contribution in [3.63, 3.8) is 0 Å². The van der Waals surface area contributed by atoms with E-state index < -0.39 is 17.8 Å². The Bertz CT molecular complexity index is 960. The van der Waals surface area contributed by atoms with Crippen molar-refractivity contribution in [3.05, 3.63) is 52.2 Å². The van der Waals surface area contributed by atoms with Crippen LogP contribution in [-0.2, 0) is 14.3 Å². The summed E-state index contributed by atoms with van der Waals surface area (Å²) in [5.74, 6) is -0.474. The van der Waals surface area contributed by atoms with Crippen LogP contribution in [0.4, 0.5) is 16.4 Å². The van der Waals surface area contributed by atoms with Crippen LogP contribution in [0.5, 0.6) is 0 Å². The highest BCUT2D eigenvalue weighted by molar-refractivity contribution is 9.10. The number of urea groups is 1. The van der Waals surface area contributed by atoms with E-state index in [1.54, 1.807) is 36.4 Å². The van der Waals surface area contributed by atoms with Gasteiger partial charge in [-0.15, -0.1) is 0 Å². The number of nitrogens with one attached hydrogen (secondary N) is 1. The van der Waals surface area contributed by atoms with Crippen molar-refractivity contribution < 1.29 is 23.5 Å². The lowest BCUT2D eigenvalue weighted by atomic mass is 10.1. The number of furan rings is 1. The molecule has 9 heteroatoms. The van der Waals surface area contributed by atoms with Crippen LogP contribution in [0.15, 0.2) is 50.9 Å². The Morgan fingerprint density at radius 3 is 2.43 bits per heavy atom. The first kappa shape index (κ1) is 18.5. The summed E-state index contributed by atoms with van der Waals surface area (Å²) in [6, 6.07) is 9.30. The monoisotopic (exact) mass is 445 g/mol. The van der Waals surface area contributed by atoms with E-state index >= 15 is 0 Å². The molecule has 2 aliphatic heterocycles. The molecule has 0 saturated carbocycles. The molecule has 1 N–H and O–H groups in total. The molecule has 4 amide bonds. The summed E-state index contributed by atoms with van der Waals surface area (Å²) in [4.78, 5) is 40.2. The molecule has 0 atom stereocenters. The lowest BCUT2D eigenvalue weighted by molar-refractivity contribution is -0.122. The number of ether oxygens (including phenoxy) is 1. The minimum Gasteiger partial charge on any atom is -0.441 e. The van der Waals surface area contributed by atoms with Crippen LogP contribution < -0.4 is 15.1 Å². The topological polar surface area (TPSA) is 92.1 Å². The van der Waals surface area contributed by atoms with Gasteiger partial charge in [0.1, 0.15) is 11.3 Å². The van der Waals surface area contributed by atoms with Crippen molar-refractivity contribution in [2.24, 2.45) is 0 Å². The minimum absolute atomic E-state index is 0.176. The van der Waals surface area contributed by atoms with Crippen molar-refractivity contribution in [2.45, 2.75) is 0 Å². The summed E-state index contributed by atoms with van der Waals surface area (Å²) >= 11 is 3.31. The molecule has 4 rings (SSSR count). The van der Waals surface area contributed by atoms with Crippen molar-refractivity contribution in [3.8, 4) is 0 Å². The largest absolute Gasteiger partial charge is 0.441 e. The van der Waals surface area contributed by atoms with Crippen molar-refractivity contribution in [2.75, 3.05) is 36.1 Å². The third-order valence-electron chi connectivity index (χ3n) is 4.41. The van der Waals surface area contributed by atoms with Crippen LogP contribution in [0.1, 0.15) is 5.76 Å². The zero-order valence-corrected chi connectivity index (χ0v) is 16.3. The van der Waals surface area contributed by atoms with Gasteiger partial charge in [-0.25, -0.2) is 9.69 Å². The molecular formula is C19H16BrN3O5. The van der Waals surface area contributed by atoms with Gasteiger partial charge in [0.25, 0.3) is 11.8 Å². The third kappa shape index (κ3) is 3.58. The number of carbonyl (C=O) groups excluding carboxylic acids is 3. The van der Waals surface area contributed by atoms with Crippen LogP contribution in [0.25, 0.3) is 6.08 Å². The number of amides is 4. The number of halogens is 1. The van der Waals surface area contributed by atoms with E-state index in [2.05, 4.69) is 21.2 Å². The second-order valence-corrected chi connectivity index (χ2v) is 7.13. The summed E-state index contributed by atoms with van der Waals surface area (Å²) in [5, 5.41) is 2.19. The number of carbonyl (C=O) groups is 3. The van der Waals surface area contributed by atoms with Gasteiger partial charge >= 0.3 is 6.03 Å². The van der Waals surface area contributed by atoms with E-state index in [0.29, 0.717) is 43.6 Å².